The van der Waals surface area contributed by atoms with Gasteiger partial charge in [-0.3, -0.25) is 19.8 Å². The number of nitrogens with one attached hydrogen (secondary N) is 1. The first kappa shape index (κ1) is 22.5. The Morgan fingerprint density at radius 2 is 2.00 bits per heavy atom. The van der Waals surface area contributed by atoms with Crippen molar-refractivity contribution in [3.05, 3.63) is 62.6 Å². The van der Waals surface area contributed by atoms with E-state index in [0.717, 1.165) is 16.5 Å². The number of anilines is 1. The third-order valence-corrected chi connectivity index (χ3v) is 6.00. The lowest BCUT2D eigenvalue weighted by atomic mass is 10.1. The van der Waals surface area contributed by atoms with Crippen LogP contribution in [-0.2, 0) is 9.59 Å². The van der Waals surface area contributed by atoms with Gasteiger partial charge in [0.2, 0.25) is 0 Å². The Kier molecular flexibility index (Phi) is 6.95. The molecule has 1 heterocycles. The van der Waals surface area contributed by atoms with Gasteiger partial charge in [-0.05, 0) is 89.9 Å². The minimum Gasteiger partial charge on any atom is -0.490 e. The molecule has 0 spiro atoms. The third-order valence-electron chi connectivity index (χ3n) is 4.69. The number of rotatable bonds is 5. The third kappa shape index (κ3) is 4.74. The van der Waals surface area contributed by atoms with Gasteiger partial charge in [0.05, 0.1) is 16.3 Å². The lowest BCUT2D eigenvalue weighted by molar-refractivity contribution is -0.122. The molecule has 0 bridgehead atoms. The molecule has 0 radical (unpaired) electrons. The molecule has 0 saturated carbocycles. The maximum atomic E-state index is 13.1. The molecule has 1 aliphatic heterocycles. The molecule has 1 saturated heterocycles. The van der Waals surface area contributed by atoms with Crippen molar-refractivity contribution in [1.82, 2.24) is 5.32 Å². The molecule has 2 aromatic rings. The van der Waals surface area contributed by atoms with Crippen LogP contribution in [0.3, 0.4) is 0 Å². The summed E-state index contributed by atoms with van der Waals surface area (Å²) in [7, 11) is 0. The van der Waals surface area contributed by atoms with Gasteiger partial charge in [0.25, 0.3) is 11.8 Å². The van der Waals surface area contributed by atoms with Crippen molar-refractivity contribution in [2.45, 2.75) is 33.3 Å². The topological polar surface area (TPSA) is 58.6 Å². The summed E-state index contributed by atoms with van der Waals surface area (Å²) in [6.07, 6.45) is 2.48. The van der Waals surface area contributed by atoms with E-state index in [0.29, 0.717) is 22.0 Å². The maximum absolute atomic E-state index is 13.1. The molecule has 0 aliphatic carbocycles. The number of hydrogen-bond donors (Lipinski definition) is 1. The number of thiocarbonyl (C=S) groups is 1. The maximum Gasteiger partial charge on any atom is 0.270 e. The molecule has 5 nitrogen and oxygen atoms in total. The standard InChI is InChI=1S/C22H20BrClN2O3S/c1-4-13(3)29-19-8-6-14(10-17(19)23)9-16-20(27)25-22(30)26(21(16)28)15-7-5-12(2)18(24)11-15/h5-11,13H,4H2,1-3H3,(H,25,27,30)/b16-9+/t13-/m0/s1. The van der Waals surface area contributed by atoms with E-state index in [2.05, 4.69) is 21.2 Å². The van der Waals surface area contributed by atoms with Gasteiger partial charge in [0.1, 0.15) is 11.3 Å². The van der Waals surface area contributed by atoms with E-state index in [1.807, 2.05) is 20.8 Å². The second kappa shape index (κ2) is 9.29. The summed E-state index contributed by atoms with van der Waals surface area (Å²) in [5.74, 6) is -0.363. The van der Waals surface area contributed by atoms with Crippen LogP contribution in [0.15, 0.2) is 46.4 Å². The molecule has 156 valence electrons. The summed E-state index contributed by atoms with van der Waals surface area (Å²) in [5.41, 5.74) is 2.01. The second-order valence-corrected chi connectivity index (χ2v) is 8.57. The Bertz CT molecular complexity index is 1070. The normalized spacial score (nSPS) is 16.6. The Morgan fingerprint density at radius 3 is 2.63 bits per heavy atom. The van der Waals surface area contributed by atoms with Crippen LogP contribution < -0.4 is 15.0 Å². The van der Waals surface area contributed by atoms with Crippen LogP contribution in [0.5, 0.6) is 5.75 Å². The lowest BCUT2D eigenvalue weighted by Gasteiger charge is -2.29. The van der Waals surface area contributed by atoms with E-state index in [9.17, 15) is 9.59 Å². The van der Waals surface area contributed by atoms with Crippen LogP contribution in [0.25, 0.3) is 6.08 Å². The van der Waals surface area contributed by atoms with Gasteiger partial charge in [-0.2, -0.15) is 0 Å². The van der Waals surface area contributed by atoms with Gasteiger partial charge >= 0.3 is 0 Å². The zero-order valence-electron chi connectivity index (χ0n) is 16.7. The van der Waals surface area contributed by atoms with E-state index in [1.165, 1.54) is 11.0 Å². The fourth-order valence-corrected chi connectivity index (χ4v) is 3.73. The first-order valence-corrected chi connectivity index (χ1v) is 10.9. The van der Waals surface area contributed by atoms with E-state index in [4.69, 9.17) is 28.6 Å². The van der Waals surface area contributed by atoms with E-state index < -0.39 is 11.8 Å². The molecule has 0 aromatic heterocycles. The number of carbonyl (C=O) groups excluding carboxylic acids is 2. The predicted octanol–water partition coefficient (Wildman–Crippen LogP) is 5.42. The summed E-state index contributed by atoms with van der Waals surface area (Å²) in [4.78, 5) is 26.9. The zero-order chi connectivity index (χ0) is 22.0. The minimum atomic E-state index is -0.546. The minimum absolute atomic E-state index is 0.0144. The number of halogens is 2. The van der Waals surface area contributed by atoms with Gasteiger partial charge in [0.15, 0.2) is 5.11 Å². The monoisotopic (exact) mass is 506 g/mol. The molecule has 1 N–H and O–H groups in total. The van der Waals surface area contributed by atoms with E-state index in [1.54, 1.807) is 36.4 Å². The average Bonchev–Trinajstić information content (AvgIpc) is 2.69. The molecular weight excluding hydrogens is 488 g/mol. The Hall–Kier alpha value is -2.22. The van der Waals surface area contributed by atoms with Gasteiger partial charge < -0.3 is 4.74 Å². The molecule has 1 fully saturated rings. The van der Waals surface area contributed by atoms with Crippen LogP contribution in [0.4, 0.5) is 5.69 Å². The molecule has 3 rings (SSSR count). The summed E-state index contributed by atoms with van der Waals surface area (Å²) in [5, 5.41) is 3.09. The average molecular weight is 508 g/mol. The van der Waals surface area contributed by atoms with Crippen molar-refractivity contribution in [2.24, 2.45) is 0 Å². The molecule has 30 heavy (non-hydrogen) atoms. The van der Waals surface area contributed by atoms with Crippen molar-refractivity contribution in [3.63, 3.8) is 0 Å². The van der Waals surface area contributed by atoms with Crippen molar-refractivity contribution in [2.75, 3.05) is 4.90 Å². The van der Waals surface area contributed by atoms with Gasteiger partial charge in [-0.25, -0.2) is 0 Å². The van der Waals surface area contributed by atoms with Gasteiger partial charge in [-0.15, -0.1) is 0 Å². The summed E-state index contributed by atoms with van der Waals surface area (Å²) in [6.45, 7) is 5.90. The van der Waals surface area contributed by atoms with Crippen molar-refractivity contribution >= 4 is 68.4 Å². The number of carbonyl (C=O) groups is 2. The number of nitrogens with zero attached hydrogens (tertiary/aromatic N) is 1. The Labute approximate surface area is 194 Å². The van der Waals surface area contributed by atoms with Crippen molar-refractivity contribution in [3.8, 4) is 5.75 Å². The van der Waals surface area contributed by atoms with Crippen LogP contribution >= 0.6 is 39.7 Å². The van der Waals surface area contributed by atoms with Crippen LogP contribution in [0.2, 0.25) is 5.02 Å². The zero-order valence-corrected chi connectivity index (χ0v) is 19.8. The molecule has 2 aromatic carbocycles. The van der Waals surface area contributed by atoms with Crippen LogP contribution in [0.1, 0.15) is 31.4 Å². The fourth-order valence-electron chi connectivity index (χ4n) is 2.78. The van der Waals surface area contributed by atoms with Crippen molar-refractivity contribution in [1.29, 1.82) is 0 Å². The highest BCUT2D eigenvalue weighted by Crippen LogP contribution is 2.30. The molecule has 2 amide bonds. The molecule has 1 atom stereocenters. The molecule has 8 heteroatoms. The van der Waals surface area contributed by atoms with E-state index in [-0.39, 0.29) is 16.8 Å². The Balaban J connectivity index is 1.94. The number of benzene rings is 2. The predicted molar refractivity (Wildman–Crippen MR) is 127 cm³/mol. The second-order valence-electron chi connectivity index (χ2n) is 6.92. The summed E-state index contributed by atoms with van der Waals surface area (Å²) >= 11 is 14.9. The van der Waals surface area contributed by atoms with Crippen molar-refractivity contribution < 1.29 is 14.3 Å². The number of aryl methyl sites for hydroxylation is 1. The smallest absolute Gasteiger partial charge is 0.270 e. The summed E-state index contributed by atoms with van der Waals surface area (Å²) < 4.78 is 6.57. The highest BCUT2D eigenvalue weighted by molar-refractivity contribution is 9.10. The van der Waals surface area contributed by atoms with E-state index >= 15 is 0 Å². The fraction of sp³-hybridized carbons (Fsp3) is 0.227. The first-order valence-electron chi connectivity index (χ1n) is 9.35. The summed E-state index contributed by atoms with van der Waals surface area (Å²) in [6, 6.07) is 10.6. The molecule has 1 aliphatic rings. The van der Waals surface area contributed by atoms with Crippen LogP contribution in [0, 0.1) is 6.92 Å². The van der Waals surface area contributed by atoms with Gasteiger partial charge in [0, 0.05) is 5.02 Å². The highest BCUT2D eigenvalue weighted by atomic mass is 79.9. The Morgan fingerprint density at radius 1 is 1.27 bits per heavy atom. The molecular formula is C22H20BrClN2O3S. The van der Waals surface area contributed by atoms with Gasteiger partial charge in [-0.1, -0.05) is 30.7 Å². The largest absolute Gasteiger partial charge is 0.490 e. The first-order chi connectivity index (χ1) is 14.2. The lowest BCUT2D eigenvalue weighted by Crippen LogP contribution is -2.54. The number of ether oxygens (including phenoxy) is 1. The van der Waals surface area contributed by atoms with Crippen LogP contribution in [-0.4, -0.2) is 23.0 Å². The quantitative estimate of drug-likeness (QED) is 0.334. The number of amides is 2. The number of hydrogen-bond acceptors (Lipinski definition) is 4. The molecule has 0 unspecified atom stereocenters. The highest BCUT2D eigenvalue weighted by Gasteiger charge is 2.34. The SMILES string of the molecule is CC[C@H](C)Oc1ccc(/C=C2\C(=O)NC(=S)N(c3ccc(C)c(Cl)c3)C2=O)cc1Br.